The van der Waals surface area contributed by atoms with E-state index in [1.165, 1.54) is 12.3 Å². The zero-order chi connectivity index (χ0) is 16.4. The number of H-pyrrole nitrogens is 1. The molecule has 1 amide bonds. The summed E-state index contributed by atoms with van der Waals surface area (Å²) in [5.74, 6) is 0.467. The first-order chi connectivity index (χ1) is 10.9. The molecule has 2 aliphatic rings. The number of aromatic nitrogens is 1. The molecule has 3 heterocycles. The minimum atomic E-state index is -2.84. The van der Waals surface area contributed by atoms with E-state index < -0.39 is 9.84 Å². The highest BCUT2D eigenvalue weighted by Gasteiger charge is 2.31. The van der Waals surface area contributed by atoms with Crippen molar-refractivity contribution in [3.8, 4) is 0 Å². The molecule has 0 saturated carbocycles. The first kappa shape index (κ1) is 16.2. The molecule has 0 bridgehead atoms. The molecule has 126 valence electrons. The van der Waals surface area contributed by atoms with Gasteiger partial charge in [0.2, 0.25) is 5.56 Å². The minimum absolute atomic E-state index is 0.0767. The Kier molecular flexibility index (Phi) is 4.54. The Labute approximate surface area is 135 Å². The molecule has 2 saturated heterocycles. The van der Waals surface area contributed by atoms with E-state index in [2.05, 4.69) is 9.88 Å². The smallest absolute Gasteiger partial charge is 0.255 e. The highest BCUT2D eigenvalue weighted by Crippen LogP contribution is 2.20. The summed E-state index contributed by atoms with van der Waals surface area (Å²) in [6, 6.07) is 3.20. The average molecular weight is 339 g/mol. The summed E-state index contributed by atoms with van der Waals surface area (Å²) < 4.78 is 23.0. The molecule has 1 N–H and O–H groups in total. The normalized spacial score (nSPS) is 22.9. The number of rotatable bonds is 2. The number of hydrogen-bond acceptors (Lipinski definition) is 5. The summed E-state index contributed by atoms with van der Waals surface area (Å²) in [4.78, 5) is 30.0. The maximum absolute atomic E-state index is 12.4. The SMILES string of the molecule is O=C(c1ccc(=O)[nH]c1)N1CCN(C2CCS(=O)(=O)CC2)CC1. The molecule has 0 unspecified atom stereocenters. The van der Waals surface area contributed by atoms with E-state index in [4.69, 9.17) is 0 Å². The molecule has 1 aromatic heterocycles. The van der Waals surface area contributed by atoms with Crippen LogP contribution in [0.2, 0.25) is 0 Å². The summed E-state index contributed by atoms with van der Waals surface area (Å²) in [5.41, 5.74) is 0.264. The average Bonchev–Trinajstić information content (AvgIpc) is 2.55. The van der Waals surface area contributed by atoms with Gasteiger partial charge in [-0.25, -0.2) is 8.42 Å². The van der Waals surface area contributed by atoms with Gasteiger partial charge in [0.05, 0.1) is 17.1 Å². The van der Waals surface area contributed by atoms with Crippen LogP contribution in [0.5, 0.6) is 0 Å². The van der Waals surface area contributed by atoms with Gasteiger partial charge in [-0.3, -0.25) is 14.5 Å². The Hall–Kier alpha value is -1.67. The van der Waals surface area contributed by atoms with Crippen LogP contribution >= 0.6 is 0 Å². The second-order valence-electron chi connectivity index (χ2n) is 6.15. The van der Waals surface area contributed by atoms with E-state index in [0.717, 1.165) is 13.1 Å². The molecule has 0 spiro atoms. The fourth-order valence-corrected chi connectivity index (χ4v) is 4.73. The Balaban J connectivity index is 1.55. The fourth-order valence-electron chi connectivity index (χ4n) is 3.26. The van der Waals surface area contributed by atoms with E-state index in [1.807, 2.05) is 0 Å². The lowest BCUT2D eigenvalue weighted by Crippen LogP contribution is -2.53. The number of aromatic amines is 1. The number of carbonyl (C=O) groups excluding carboxylic acids is 1. The lowest BCUT2D eigenvalue weighted by Gasteiger charge is -2.40. The molecule has 1 aromatic rings. The van der Waals surface area contributed by atoms with Crippen LogP contribution < -0.4 is 5.56 Å². The molecule has 0 atom stereocenters. The van der Waals surface area contributed by atoms with Gasteiger partial charge in [0.25, 0.3) is 5.91 Å². The van der Waals surface area contributed by atoms with Crippen molar-refractivity contribution in [1.82, 2.24) is 14.8 Å². The van der Waals surface area contributed by atoms with Crippen LogP contribution in [0.4, 0.5) is 0 Å². The van der Waals surface area contributed by atoms with Crippen LogP contribution in [0.15, 0.2) is 23.1 Å². The molecular weight excluding hydrogens is 318 g/mol. The lowest BCUT2D eigenvalue weighted by atomic mass is 10.1. The van der Waals surface area contributed by atoms with Gasteiger partial charge in [-0.2, -0.15) is 0 Å². The first-order valence-corrected chi connectivity index (χ1v) is 9.69. The van der Waals surface area contributed by atoms with Crippen LogP contribution in [0.3, 0.4) is 0 Å². The second kappa shape index (κ2) is 6.45. The van der Waals surface area contributed by atoms with Crippen LogP contribution in [-0.4, -0.2) is 72.8 Å². The van der Waals surface area contributed by atoms with Gasteiger partial charge in [-0.1, -0.05) is 0 Å². The van der Waals surface area contributed by atoms with E-state index in [9.17, 15) is 18.0 Å². The Bertz CT molecular complexity index is 701. The summed E-state index contributed by atoms with van der Waals surface area (Å²) in [6.07, 6.45) is 2.83. The number of pyridine rings is 1. The Morgan fingerprint density at radius 2 is 1.74 bits per heavy atom. The Morgan fingerprint density at radius 3 is 2.30 bits per heavy atom. The zero-order valence-corrected chi connectivity index (χ0v) is 13.7. The van der Waals surface area contributed by atoms with Gasteiger partial charge < -0.3 is 9.88 Å². The van der Waals surface area contributed by atoms with Crippen molar-refractivity contribution in [1.29, 1.82) is 0 Å². The van der Waals surface area contributed by atoms with Gasteiger partial charge in [0.1, 0.15) is 9.84 Å². The number of nitrogens with one attached hydrogen (secondary N) is 1. The third kappa shape index (κ3) is 3.81. The first-order valence-electron chi connectivity index (χ1n) is 7.87. The molecular formula is C15H21N3O4S. The maximum Gasteiger partial charge on any atom is 0.255 e. The molecule has 0 aliphatic carbocycles. The maximum atomic E-state index is 12.4. The summed E-state index contributed by atoms with van der Waals surface area (Å²) in [5, 5.41) is 0. The lowest BCUT2D eigenvalue weighted by molar-refractivity contribution is 0.0557. The van der Waals surface area contributed by atoms with Crippen LogP contribution in [0.25, 0.3) is 0 Å². The van der Waals surface area contributed by atoms with Crippen molar-refractivity contribution < 1.29 is 13.2 Å². The quantitative estimate of drug-likeness (QED) is 0.800. The van der Waals surface area contributed by atoms with Crippen molar-refractivity contribution >= 4 is 15.7 Å². The molecule has 0 aromatic carbocycles. The van der Waals surface area contributed by atoms with Gasteiger partial charge in [0, 0.05) is 44.5 Å². The molecule has 2 aliphatic heterocycles. The Morgan fingerprint density at radius 1 is 1.09 bits per heavy atom. The number of hydrogen-bond donors (Lipinski definition) is 1. The van der Waals surface area contributed by atoms with Crippen molar-refractivity contribution in [3.63, 3.8) is 0 Å². The van der Waals surface area contributed by atoms with Gasteiger partial charge >= 0.3 is 0 Å². The molecule has 2 fully saturated rings. The predicted octanol–water partition coefficient (Wildman–Crippen LogP) is -0.290. The van der Waals surface area contributed by atoms with Crippen LogP contribution in [0.1, 0.15) is 23.2 Å². The van der Waals surface area contributed by atoms with E-state index in [0.29, 0.717) is 37.5 Å². The van der Waals surface area contributed by atoms with Gasteiger partial charge in [-0.15, -0.1) is 0 Å². The van der Waals surface area contributed by atoms with Crippen LogP contribution in [0, 0.1) is 0 Å². The zero-order valence-electron chi connectivity index (χ0n) is 12.9. The van der Waals surface area contributed by atoms with Crippen molar-refractivity contribution in [2.45, 2.75) is 18.9 Å². The topological polar surface area (TPSA) is 90.6 Å². The van der Waals surface area contributed by atoms with E-state index in [-0.39, 0.29) is 23.0 Å². The standard InChI is InChI=1S/C15H21N3O4S/c19-14-2-1-12(11-16-14)15(20)18-7-5-17(6-8-18)13-3-9-23(21,22)10-4-13/h1-2,11,13H,3-10H2,(H,16,19). The number of nitrogens with zero attached hydrogens (tertiary/aromatic N) is 2. The number of sulfone groups is 1. The molecule has 0 radical (unpaired) electrons. The predicted molar refractivity (Wildman–Crippen MR) is 86.2 cm³/mol. The van der Waals surface area contributed by atoms with Crippen molar-refractivity contribution in [2.75, 3.05) is 37.7 Å². The molecule has 7 nitrogen and oxygen atoms in total. The summed E-state index contributed by atoms with van der Waals surface area (Å²) in [7, 11) is -2.84. The second-order valence-corrected chi connectivity index (χ2v) is 8.46. The fraction of sp³-hybridized carbons (Fsp3) is 0.600. The van der Waals surface area contributed by atoms with Crippen molar-refractivity contribution in [3.05, 3.63) is 34.2 Å². The van der Waals surface area contributed by atoms with Crippen LogP contribution in [-0.2, 0) is 9.84 Å². The highest BCUT2D eigenvalue weighted by atomic mass is 32.2. The third-order valence-electron chi connectivity index (χ3n) is 4.67. The molecule has 23 heavy (non-hydrogen) atoms. The number of piperazine rings is 1. The van der Waals surface area contributed by atoms with E-state index in [1.54, 1.807) is 11.0 Å². The van der Waals surface area contributed by atoms with Crippen molar-refractivity contribution in [2.24, 2.45) is 0 Å². The largest absolute Gasteiger partial charge is 0.336 e. The number of carbonyl (C=O) groups is 1. The third-order valence-corrected chi connectivity index (χ3v) is 6.39. The van der Waals surface area contributed by atoms with Gasteiger partial charge in [0.15, 0.2) is 0 Å². The molecule has 3 rings (SSSR count). The van der Waals surface area contributed by atoms with E-state index >= 15 is 0 Å². The monoisotopic (exact) mass is 339 g/mol. The summed E-state index contributed by atoms with van der Waals surface area (Å²) in [6.45, 7) is 2.78. The minimum Gasteiger partial charge on any atom is -0.336 e. The van der Waals surface area contributed by atoms with Gasteiger partial charge in [-0.05, 0) is 18.9 Å². The number of amides is 1. The molecule has 8 heteroatoms. The highest BCUT2D eigenvalue weighted by molar-refractivity contribution is 7.91. The summed E-state index contributed by atoms with van der Waals surface area (Å²) >= 11 is 0.